The van der Waals surface area contributed by atoms with Gasteiger partial charge >= 0.3 is 5.97 Å². The molecule has 0 aromatic heterocycles. The summed E-state index contributed by atoms with van der Waals surface area (Å²) in [6.45, 7) is 3.87. The fourth-order valence-corrected chi connectivity index (χ4v) is 2.35. The van der Waals surface area contributed by atoms with Crippen LogP contribution in [0.3, 0.4) is 0 Å². The number of rotatable bonds is 2. The molecule has 3 nitrogen and oxygen atoms in total. The summed E-state index contributed by atoms with van der Waals surface area (Å²) in [5.74, 6) is -0.158. The van der Waals surface area contributed by atoms with Crippen molar-refractivity contribution in [1.82, 2.24) is 4.90 Å². The Morgan fingerprint density at radius 2 is 2.25 bits per heavy atom. The van der Waals surface area contributed by atoms with E-state index in [0.717, 1.165) is 25.1 Å². The van der Waals surface area contributed by atoms with E-state index < -0.39 is 0 Å². The summed E-state index contributed by atoms with van der Waals surface area (Å²) in [4.78, 5) is 14.0. The molecule has 0 spiro atoms. The highest BCUT2D eigenvalue weighted by Gasteiger charge is 2.32. The summed E-state index contributed by atoms with van der Waals surface area (Å²) >= 11 is 0. The van der Waals surface area contributed by atoms with E-state index in [0.29, 0.717) is 0 Å². The SMILES string of the molecule is CCN1CCc2ccccc2C1C(=O)OC. The van der Waals surface area contributed by atoms with E-state index in [1.54, 1.807) is 0 Å². The first-order chi connectivity index (χ1) is 7.77. The number of hydrogen-bond donors (Lipinski definition) is 0. The van der Waals surface area contributed by atoms with Gasteiger partial charge in [-0.3, -0.25) is 4.90 Å². The van der Waals surface area contributed by atoms with Crippen molar-refractivity contribution in [3.8, 4) is 0 Å². The maximum absolute atomic E-state index is 11.8. The molecule has 0 amide bonds. The molecule has 0 radical (unpaired) electrons. The van der Waals surface area contributed by atoms with Crippen LogP contribution in [0.25, 0.3) is 0 Å². The number of hydrogen-bond acceptors (Lipinski definition) is 3. The number of benzene rings is 1. The van der Waals surface area contributed by atoms with Crippen molar-refractivity contribution in [2.45, 2.75) is 19.4 Å². The molecule has 3 heteroatoms. The normalized spacial score (nSPS) is 20.2. The standard InChI is InChI=1S/C13H17NO2/c1-3-14-9-8-10-6-4-5-7-11(10)12(14)13(15)16-2/h4-7,12H,3,8-9H2,1-2H3. The Bertz CT molecular complexity index is 389. The molecule has 0 N–H and O–H groups in total. The van der Waals surface area contributed by atoms with E-state index in [2.05, 4.69) is 17.9 Å². The zero-order valence-electron chi connectivity index (χ0n) is 9.77. The molecule has 0 fully saturated rings. The average molecular weight is 219 g/mol. The second-order valence-electron chi connectivity index (χ2n) is 4.00. The van der Waals surface area contributed by atoms with Gasteiger partial charge in [-0.1, -0.05) is 31.2 Å². The van der Waals surface area contributed by atoms with Gasteiger partial charge in [-0.2, -0.15) is 0 Å². The minimum atomic E-state index is -0.222. The fraction of sp³-hybridized carbons (Fsp3) is 0.462. The van der Waals surface area contributed by atoms with E-state index in [1.165, 1.54) is 12.7 Å². The van der Waals surface area contributed by atoms with Crippen molar-refractivity contribution in [3.05, 3.63) is 35.4 Å². The van der Waals surface area contributed by atoms with Crippen molar-refractivity contribution in [3.63, 3.8) is 0 Å². The lowest BCUT2D eigenvalue weighted by Crippen LogP contribution is -2.40. The summed E-state index contributed by atoms with van der Waals surface area (Å²) in [5, 5.41) is 0. The molecule has 1 heterocycles. The third kappa shape index (κ3) is 1.83. The fourth-order valence-electron chi connectivity index (χ4n) is 2.35. The molecule has 0 saturated heterocycles. The number of nitrogens with zero attached hydrogens (tertiary/aromatic N) is 1. The number of fused-ring (bicyclic) bond motifs is 1. The first-order valence-corrected chi connectivity index (χ1v) is 5.67. The van der Waals surface area contributed by atoms with E-state index >= 15 is 0 Å². The summed E-state index contributed by atoms with van der Waals surface area (Å²) in [5.41, 5.74) is 2.37. The summed E-state index contributed by atoms with van der Waals surface area (Å²) < 4.78 is 4.90. The second kappa shape index (κ2) is 4.66. The Morgan fingerprint density at radius 1 is 1.50 bits per heavy atom. The van der Waals surface area contributed by atoms with Gasteiger partial charge in [0.05, 0.1) is 7.11 Å². The molecule has 1 aromatic rings. The average Bonchev–Trinajstić information content (AvgIpc) is 2.36. The third-order valence-corrected chi connectivity index (χ3v) is 3.21. The quantitative estimate of drug-likeness (QED) is 0.710. The third-order valence-electron chi connectivity index (χ3n) is 3.21. The molecule has 0 bridgehead atoms. The molecular formula is C13H17NO2. The van der Waals surface area contributed by atoms with Gasteiger partial charge in [0.1, 0.15) is 6.04 Å². The van der Waals surface area contributed by atoms with Crippen molar-refractivity contribution in [2.24, 2.45) is 0 Å². The Morgan fingerprint density at radius 3 is 2.94 bits per heavy atom. The van der Waals surface area contributed by atoms with Crippen molar-refractivity contribution in [1.29, 1.82) is 0 Å². The highest BCUT2D eigenvalue weighted by atomic mass is 16.5. The number of ether oxygens (including phenoxy) is 1. The monoisotopic (exact) mass is 219 g/mol. The molecular weight excluding hydrogens is 202 g/mol. The van der Waals surface area contributed by atoms with Crippen LogP contribution in [0.2, 0.25) is 0 Å². The molecule has 16 heavy (non-hydrogen) atoms. The van der Waals surface area contributed by atoms with Crippen LogP contribution in [0.5, 0.6) is 0 Å². The summed E-state index contributed by atoms with van der Waals surface area (Å²) in [6.07, 6.45) is 1.01. The Balaban J connectivity index is 2.40. The van der Waals surface area contributed by atoms with Crippen molar-refractivity contribution < 1.29 is 9.53 Å². The van der Waals surface area contributed by atoms with E-state index in [1.807, 2.05) is 18.2 Å². The smallest absolute Gasteiger partial charge is 0.327 e. The molecule has 1 unspecified atom stereocenters. The number of carbonyl (C=O) groups excluding carboxylic acids is 1. The van der Waals surface area contributed by atoms with Gasteiger partial charge in [-0.15, -0.1) is 0 Å². The highest BCUT2D eigenvalue weighted by molar-refractivity contribution is 5.78. The Kier molecular flexibility index (Phi) is 3.25. The predicted molar refractivity (Wildman–Crippen MR) is 62.2 cm³/mol. The Labute approximate surface area is 96.0 Å². The molecule has 1 aromatic carbocycles. The maximum Gasteiger partial charge on any atom is 0.327 e. The van der Waals surface area contributed by atoms with Crippen molar-refractivity contribution in [2.75, 3.05) is 20.2 Å². The zero-order valence-corrected chi connectivity index (χ0v) is 9.77. The van der Waals surface area contributed by atoms with Gasteiger partial charge in [0.15, 0.2) is 0 Å². The molecule has 0 saturated carbocycles. The molecule has 1 aliphatic rings. The highest BCUT2D eigenvalue weighted by Crippen LogP contribution is 2.30. The lowest BCUT2D eigenvalue weighted by Gasteiger charge is -2.34. The largest absolute Gasteiger partial charge is 0.468 e. The number of likely N-dealkylation sites (N-methyl/N-ethyl adjacent to an activating group) is 1. The molecule has 86 valence electrons. The number of carbonyl (C=O) groups is 1. The van der Waals surface area contributed by atoms with E-state index in [9.17, 15) is 4.79 Å². The minimum Gasteiger partial charge on any atom is -0.468 e. The molecule has 2 rings (SSSR count). The summed E-state index contributed by atoms with van der Waals surface area (Å²) in [7, 11) is 1.45. The lowest BCUT2D eigenvalue weighted by atomic mass is 9.92. The van der Waals surface area contributed by atoms with Crippen LogP contribution in [0, 0.1) is 0 Å². The van der Waals surface area contributed by atoms with Gasteiger partial charge in [0.25, 0.3) is 0 Å². The minimum absolute atomic E-state index is 0.158. The van der Waals surface area contributed by atoms with Crippen LogP contribution >= 0.6 is 0 Å². The predicted octanol–water partition coefficient (Wildman–Crippen LogP) is 1.78. The van der Waals surface area contributed by atoms with Gasteiger partial charge in [-0.25, -0.2) is 4.79 Å². The van der Waals surface area contributed by atoms with Crippen LogP contribution in [-0.4, -0.2) is 31.1 Å². The van der Waals surface area contributed by atoms with Gasteiger partial charge in [-0.05, 0) is 24.1 Å². The van der Waals surface area contributed by atoms with Crippen LogP contribution in [0.4, 0.5) is 0 Å². The van der Waals surface area contributed by atoms with Crippen LogP contribution in [0.1, 0.15) is 24.1 Å². The first-order valence-electron chi connectivity index (χ1n) is 5.67. The van der Waals surface area contributed by atoms with Gasteiger partial charge in [0, 0.05) is 6.54 Å². The Hall–Kier alpha value is -1.35. The lowest BCUT2D eigenvalue weighted by molar-refractivity contribution is -0.147. The van der Waals surface area contributed by atoms with Gasteiger partial charge in [0.2, 0.25) is 0 Å². The first kappa shape index (κ1) is 11.1. The topological polar surface area (TPSA) is 29.5 Å². The molecule has 1 aliphatic heterocycles. The number of esters is 1. The molecule has 1 atom stereocenters. The second-order valence-corrected chi connectivity index (χ2v) is 4.00. The molecule has 0 aliphatic carbocycles. The zero-order chi connectivity index (χ0) is 11.5. The van der Waals surface area contributed by atoms with Crippen LogP contribution in [0.15, 0.2) is 24.3 Å². The number of methoxy groups -OCH3 is 1. The van der Waals surface area contributed by atoms with Gasteiger partial charge < -0.3 is 4.74 Å². The maximum atomic E-state index is 11.8. The van der Waals surface area contributed by atoms with Crippen LogP contribution < -0.4 is 0 Å². The van der Waals surface area contributed by atoms with Crippen LogP contribution in [-0.2, 0) is 16.0 Å². The van der Waals surface area contributed by atoms with Crippen molar-refractivity contribution >= 4 is 5.97 Å². The van der Waals surface area contributed by atoms with E-state index in [4.69, 9.17) is 4.74 Å². The summed E-state index contributed by atoms with van der Waals surface area (Å²) in [6, 6.07) is 7.90. The van der Waals surface area contributed by atoms with E-state index in [-0.39, 0.29) is 12.0 Å².